The zero-order valence-corrected chi connectivity index (χ0v) is 20.8. The van der Waals surface area contributed by atoms with E-state index < -0.39 is 29.5 Å². The summed E-state index contributed by atoms with van der Waals surface area (Å²) in [7, 11) is 0. The average Bonchev–Trinajstić information content (AvgIpc) is 3.28. The van der Waals surface area contributed by atoms with E-state index in [1.807, 2.05) is 0 Å². The molecule has 13 heteroatoms. The molecule has 0 unspecified atom stereocenters. The quantitative estimate of drug-likeness (QED) is 0.303. The number of nitrogens with one attached hydrogen (secondary N) is 1. The third kappa shape index (κ3) is 5.62. The lowest BCUT2D eigenvalue weighted by molar-refractivity contribution is -0.274. The van der Waals surface area contributed by atoms with E-state index >= 15 is 0 Å². The summed E-state index contributed by atoms with van der Waals surface area (Å²) in [5.74, 6) is -1.52. The highest BCUT2D eigenvalue weighted by Crippen LogP contribution is 2.32. The largest absolute Gasteiger partial charge is 0.573 e. The molecule has 0 spiro atoms. The Morgan fingerprint density at radius 1 is 1.05 bits per heavy atom. The van der Waals surface area contributed by atoms with Crippen LogP contribution >= 0.6 is 11.3 Å². The number of fused-ring (bicyclic) bond motifs is 1. The molecule has 1 amide bonds. The van der Waals surface area contributed by atoms with Crippen LogP contribution < -0.4 is 20.3 Å². The summed E-state index contributed by atoms with van der Waals surface area (Å²) in [4.78, 5) is 39.3. The number of esters is 1. The minimum Gasteiger partial charge on any atom is -0.493 e. The molecule has 0 atom stereocenters. The highest BCUT2D eigenvalue weighted by molar-refractivity contribution is 7.16. The number of hydrogen-bond acceptors (Lipinski definition) is 8. The third-order valence-corrected chi connectivity index (χ3v) is 5.99. The lowest BCUT2D eigenvalue weighted by Crippen LogP contribution is -2.25. The van der Waals surface area contributed by atoms with Gasteiger partial charge < -0.3 is 19.5 Å². The standard InChI is InChI=1S/C25H20F3N3O6S/c1-3-35-18-8-6-5-7-16(18)21(32)29-22-19-17(13-38-22)20(24(34)36-4-2)30-31(23(19)33)14-9-11-15(12-10-14)37-25(26,27)28/h5-13H,3-4H2,1-2H3,(H,29,32). The van der Waals surface area contributed by atoms with Gasteiger partial charge in [0.05, 0.1) is 29.9 Å². The summed E-state index contributed by atoms with van der Waals surface area (Å²) < 4.78 is 52.9. The van der Waals surface area contributed by atoms with Gasteiger partial charge in [0.2, 0.25) is 0 Å². The molecule has 2 heterocycles. The number of aromatic nitrogens is 2. The van der Waals surface area contributed by atoms with Gasteiger partial charge in [-0.25, -0.2) is 4.79 Å². The van der Waals surface area contributed by atoms with Crippen molar-refractivity contribution in [3.8, 4) is 17.2 Å². The molecule has 0 fully saturated rings. The molecule has 0 aliphatic carbocycles. The van der Waals surface area contributed by atoms with E-state index in [9.17, 15) is 27.6 Å². The van der Waals surface area contributed by atoms with Crippen LogP contribution in [0.3, 0.4) is 0 Å². The summed E-state index contributed by atoms with van der Waals surface area (Å²) in [6, 6.07) is 10.9. The summed E-state index contributed by atoms with van der Waals surface area (Å²) in [5, 5.41) is 8.58. The highest BCUT2D eigenvalue weighted by atomic mass is 32.1. The Morgan fingerprint density at radius 3 is 2.42 bits per heavy atom. The smallest absolute Gasteiger partial charge is 0.493 e. The van der Waals surface area contributed by atoms with E-state index in [1.54, 1.807) is 38.1 Å². The highest BCUT2D eigenvalue weighted by Gasteiger charge is 2.31. The maximum Gasteiger partial charge on any atom is 0.573 e. The zero-order valence-electron chi connectivity index (χ0n) is 20.0. The Labute approximate surface area is 217 Å². The van der Waals surface area contributed by atoms with Gasteiger partial charge in [-0.3, -0.25) is 9.59 Å². The molecule has 198 valence electrons. The lowest BCUT2D eigenvalue weighted by atomic mass is 10.2. The molecule has 2 aromatic heterocycles. The van der Waals surface area contributed by atoms with E-state index in [2.05, 4.69) is 15.2 Å². The van der Waals surface area contributed by atoms with Crippen LogP contribution in [0.4, 0.5) is 18.2 Å². The third-order valence-electron chi connectivity index (χ3n) is 5.09. The first-order valence-corrected chi connectivity index (χ1v) is 12.1. The van der Waals surface area contributed by atoms with Gasteiger partial charge in [0.25, 0.3) is 11.5 Å². The van der Waals surface area contributed by atoms with Crippen molar-refractivity contribution in [3.05, 3.63) is 75.5 Å². The number of alkyl halides is 3. The van der Waals surface area contributed by atoms with Crippen LogP contribution in [0.1, 0.15) is 34.7 Å². The number of anilines is 1. The molecule has 1 N–H and O–H groups in total. The van der Waals surface area contributed by atoms with E-state index in [1.165, 1.54) is 17.5 Å². The SMILES string of the molecule is CCOC(=O)c1nn(-c2ccc(OC(F)(F)F)cc2)c(=O)c2c(NC(=O)c3ccccc3OCC)scc12. The van der Waals surface area contributed by atoms with Crippen molar-refractivity contribution in [2.45, 2.75) is 20.2 Å². The predicted octanol–water partition coefficient (Wildman–Crippen LogP) is 5.17. The Kier molecular flexibility index (Phi) is 7.67. The maximum atomic E-state index is 13.5. The predicted molar refractivity (Wildman–Crippen MR) is 133 cm³/mol. The molecule has 0 saturated heterocycles. The first-order valence-electron chi connectivity index (χ1n) is 11.2. The topological polar surface area (TPSA) is 109 Å². The van der Waals surface area contributed by atoms with Gasteiger partial charge in [-0.05, 0) is 50.2 Å². The van der Waals surface area contributed by atoms with Crippen LogP contribution in [0, 0.1) is 0 Å². The monoisotopic (exact) mass is 547 g/mol. The molecule has 0 saturated carbocycles. The second-order valence-corrected chi connectivity index (χ2v) is 8.44. The Morgan fingerprint density at radius 2 is 1.76 bits per heavy atom. The van der Waals surface area contributed by atoms with Gasteiger partial charge in [-0.2, -0.15) is 9.78 Å². The number of amides is 1. The number of ether oxygens (including phenoxy) is 3. The first-order chi connectivity index (χ1) is 18.1. The number of para-hydroxylation sites is 1. The summed E-state index contributed by atoms with van der Waals surface area (Å²) >= 11 is 1.00. The lowest BCUT2D eigenvalue weighted by Gasteiger charge is -2.12. The number of thiophene rings is 1. The van der Waals surface area contributed by atoms with Crippen molar-refractivity contribution in [1.29, 1.82) is 0 Å². The minimum atomic E-state index is -4.89. The molecular weight excluding hydrogens is 527 g/mol. The fourth-order valence-electron chi connectivity index (χ4n) is 3.56. The Bertz CT molecular complexity index is 1550. The van der Waals surface area contributed by atoms with Gasteiger partial charge in [0.15, 0.2) is 5.69 Å². The Hall–Kier alpha value is -4.39. The van der Waals surface area contributed by atoms with E-state index in [-0.39, 0.29) is 39.3 Å². The van der Waals surface area contributed by atoms with Crippen molar-refractivity contribution in [1.82, 2.24) is 9.78 Å². The molecule has 0 bridgehead atoms. The molecule has 2 aromatic carbocycles. The molecule has 9 nitrogen and oxygen atoms in total. The van der Waals surface area contributed by atoms with E-state index in [0.29, 0.717) is 12.4 Å². The van der Waals surface area contributed by atoms with Crippen LogP contribution in [-0.4, -0.2) is 41.2 Å². The number of hydrogen-bond donors (Lipinski definition) is 1. The molecular formula is C25H20F3N3O6S. The number of carbonyl (C=O) groups excluding carboxylic acids is 2. The molecule has 0 aliphatic heterocycles. The summed E-state index contributed by atoms with van der Waals surface area (Å²) in [5.41, 5.74) is -0.631. The number of halogens is 3. The molecule has 4 rings (SSSR count). The van der Waals surface area contributed by atoms with Gasteiger partial charge in [0.1, 0.15) is 16.5 Å². The van der Waals surface area contributed by atoms with Crippen LogP contribution in [0.2, 0.25) is 0 Å². The number of rotatable bonds is 8. The molecule has 0 radical (unpaired) electrons. The number of nitrogens with zero attached hydrogens (tertiary/aromatic N) is 2. The van der Waals surface area contributed by atoms with Crippen LogP contribution in [0.25, 0.3) is 16.5 Å². The number of carbonyl (C=O) groups is 2. The average molecular weight is 548 g/mol. The van der Waals surface area contributed by atoms with E-state index in [4.69, 9.17) is 9.47 Å². The zero-order chi connectivity index (χ0) is 27.4. The van der Waals surface area contributed by atoms with Gasteiger partial charge >= 0.3 is 12.3 Å². The van der Waals surface area contributed by atoms with Crippen LogP contribution in [0.5, 0.6) is 11.5 Å². The van der Waals surface area contributed by atoms with Gasteiger partial charge in [0, 0.05) is 10.8 Å². The minimum absolute atomic E-state index is 0.0223. The van der Waals surface area contributed by atoms with Crippen molar-refractivity contribution < 1.29 is 37.0 Å². The fraction of sp³-hybridized carbons (Fsp3) is 0.200. The van der Waals surface area contributed by atoms with Crippen molar-refractivity contribution in [2.75, 3.05) is 18.5 Å². The first kappa shape index (κ1) is 26.7. The van der Waals surface area contributed by atoms with Crippen LogP contribution in [0.15, 0.2) is 58.7 Å². The van der Waals surface area contributed by atoms with Crippen molar-refractivity contribution >= 4 is 39.0 Å². The van der Waals surface area contributed by atoms with Crippen LogP contribution in [-0.2, 0) is 4.74 Å². The fourth-order valence-corrected chi connectivity index (χ4v) is 4.49. The molecule has 4 aromatic rings. The number of benzene rings is 2. The van der Waals surface area contributed by atoms with Gasteiger partial charge in [-0.1, -0.05) is 12.1 Å². The van der Waals surface area contributed by atoms with Crippen molar-refractivity contribution in [3.63, 3.8) is 0 Å². The molecule has 38 heavy (non-hydrogen) atoms. The van der Waals surface area contributed by atoms with Crippen molar-refractivity contribution in [2.24, 2.45) is 0 Å². The van der Waals surface area contributed by atoms with E-state index in [0.717, 1.165) is 28.2 Å². The second kappa shape index (κ2) is 10.9. The van der Waals surface area contributed by atoms with Gasteiger partial charge in [-0.15, -0.1) is 24.5 Å². The maximum absolute atomic E-state index is 13.5. The normalized spacial score (nSPS) is 11.3. The molecule has 0 aliphatic rings. The Balaban J connectivity index is 1.82. The summed E-state index contributed by atoms with van der Waals surface area (Å²) in [6.45, 7) is 3.74. The second-order valence-electron chi connectivity index (χ2n) is 7.56. The summed E-state index contributed by atoms with van der Waals surface area (Å²) in [6.07, 6.45) is -4.89.